The van der Waals surface area contributed by atoms with Crippen molar-refractivity contribution in [3.05, 3.63) is 23.8 Å². The van der Waals surface area contributed by atoms with Crippen molar-refractivity contribution in [2.75, 3.05) is 25.9 Å². The van der Waals surface area contributed by atoms with Crippen LogP contribution in [-0.2, 0) is 0 Å². The van der Waals surface area contributed by atoms with Gasteiger partial charge in [0.25, 0.3) is 5.91 Å². The topological polar surface area (TPSA) is 75.8 Å². The highest BCUT2D eigenvalue weighted by Crippen LogP contribution is 2.22. The quantitative estimate of drug-likeness (QED) is 0.732. The first kappa shape index (κ1) is 11.7. The zero-order valence-corrected chi connectivity index (χ0v) is 9.72. The Labute approximate surface area is 99.8 Å². The van der Waals surface area contributed by atoms with Crippen LogP contribution in [0.1, 0.15) is 16.8 Å². The SMILES string of the molecule is COc1ccc(N)c(C(=O)N2CC[C@H](O)C2)c1. The lowest BCUT2D eigenvalue weighted by molar-refractivity contribution is 0.0765. The third kappa shape index (κ3) is 2.34. The van der Waals surface area contributed by atoms with Crippen LogP contribution in [0.2, 0.25) is 0 Å². The van der Waals surface area contributed by atoms with Crippen molar-refractivity contribution in [2.45, 2.75) is 12.5 Å². The molecule has 1 amide bonds. The van der Waals surface area contributed by atoms with E-state index < -0.39 is 6.10 Å². The molecule has 1 saturated heterocycles. The summed E-state index contributed by atoms with van der Waals surface area (Å²) in [5.74, 6) is 0.445. The standard InChI is InChI=1S/C12H16N2O3/c1-17-9-2-3-11(13)10(6-9)12(16)14-5-4-8(15)7-14/h2-3,6,8,15H,4-5,7,13H2,1H3/t8-/m0/s1. The smallest absolute Gasteiger partial charge is 0.256 e. The summed E-state index contributed by atoms with van der Waals surface area (Å²) in [6.45, 7) is 0.937. The highest BCUT2D eigenvalue weighted by molar-refractivity contribution is 5.99. The largest absolute Gasteiger partial charge is 0.497 e. The van der Waals surface area contributed by atoms with Gasteiger partial charge in [0.1, 0.15) is 5.75 Å². The first-order chi connectivity index (χ1) is 8.11. The summed E-state index contributed by atoms with van der Waals surface area (Å²) in [4.78, 5) is 13.8. The minimum Gasteiger partial charge on any atom is -0.497 e. The number of carbonyl (C=O) groups excluding carboxylic acids is 1. The third-order valence-electron chi connectivity index (χ3n) is 2.94. The van der Waals surface area contributed by atoms with E-state index in [4.69, 9.17) is 10.5 Å². The Morgan fingerprint density at radius 1 is 1.59 bits per heavy atom. The summed E-state index contributed by atoms with van der Waals surface area (Å²) in [6.07, 6.45) is 0.195. The fourth-order valence-electron chi connectivity index (χ4n) is 1.94. The molecule has 0 unspecified atom stereocenters. The van der Waals surface area contributed by atoms with Crippen LogP contribution in [0.3, 0.4) is 0 Å². The number of carbonyl (C=O) groups is 1. The van der Waals surface area contributed by atoms with Gasteiger partial charge in [0, 0.05) is 18.8 Å². The number of likely N-dealkylation sites (tertiary alicyclic amines) is 1. The minimum absolute atomic E-state index is 0.155. The van der Waals surface area contributed by atoms with E-state index in [0.29, 0.717) is 36.5 Å². The van der Waals surface area contributed by atoms with Gasteiger partial charge in [-0.2, -0.15) is 0 Å². The first-order valence-electron chi connectivity index (χ1n) is 5.52. The normalized spacial score (nSPS) is 19.4. The zero-order chi connectivity index (χ0) is 12.4. The number of nitrogens with zero attached hydrogens (tertiary/aromatic N) is 1. The number of hydrogen-bond donors (Lipinski definition) is 2. The summed E-state index contributed by atoms with van der Waals surface area (Å²) in [6, 6.07) is 4.99. The van der Waals surface area contributed by atoms with Gasteiger partial charge in [-0.3, -0.25) is 4.79 Å². The van der Waals surface area contributed by atoms with Crippen LogP contribution >= 0.6 is 0 Å². The first-order valence-corrected chi connectivity index (χ1v) is 5.52. The minimum atomic E-state index is -0.425. The molecule has 1 atom stereocenters. The van der Waals surface area contributed by atoms with Crippen LogP contribution < -0.4 is 10.5 Å². The van der Waals surface area contributed by atoms with Crippen LogP contribution in [0.15, 0.2) is 18.2 Å². The molecule has 1 heterocycles. The maximum atomic E-state index is 12.2. The van der Waals surface area contributed by atoms with E-state index in [1.807, 2.05) is 0 Å². The Bertz CT molecular complexity index is 434. The van der Waals surface area contributed by atoms with Gasteiger partial charge in [-0.05, 0) is 24.6 Å². The predicted octanol–water partition coefficient (Wildman–Crippen LogP) is 0.484. The Kier molecular flexibility index (Phi) is 3.19. The van der Waals surface area contributed by atoms with E-state index in [1.165, 1.54) is 0 Å². The summed E-state index contributed by atoms with van der Waals surface area (Å²) in [5.41, 5.74) is 6.64. The van der Waals surface area contributed by atoms with Crippen molar-refractivity contribution in [2.24, 2.45) is 0 Å². The molecule has 0 saturated carbocycles. The number of nitrogen functional groups attached to an aromatic ring is 1. The van der Waals surface area contributed by atoms with Crippen molar-refractivity contribution in [3.63, 3.8) is 0 Å². The molecule has 2 rings (SSSR count). The van der Waals surface area contributed by atoms with Crippen molar-refractivity contribution in [1.82, 2.24) is 4.90 Å². The van der Waals surface area contributed by atoms with Crippen LogP contribution in [0.25, 0.3) is 0 Å². The molecule has 0 spiro atoms. The number of aliphatic hydroxyl groups excluding tert-OH is 1. The number of nitrogens with two attached hydrogens (primary N) is 1. The van der Waals surface area contributed by atoms with Gasteiger partial charge in [0.05, 0.1) is 18.8 Å². The number of anilines is 1. The molecule has 5 nitrogen and oxygen atoms in total. The highest BCUT2D eigenvalue weighted by atomic mass is 16.5. The molecule has 1 aromatic rings. The molecule has 0 bridgehead atoms. The summed E-state index contributed by atoms with van der Waals surface area (Å²) in [5, 5.41) is 9.42. The van der Waals surface area contributed by atoms with Crippen LogP contribution in [0.4, 0.5) is 5.69 Å². The summed E-state index contributed by atoms with van der Waals surface area (Å²) in [7, 11) is 1.54. The number of amides is 1. The molecular formula is C12H16N2O3. The van der Waals surface area contributed by atoms with Crippen LogP contribution in [-0.4, -0.2) is 42.2 Å². The van der Waals surface area contributed by atoms with Gasteiger partial charge in [-0.15, -0.1) is 0 Å². The molecule has 0 radical (unpaired) electrons. The molecule has 3 N–H and O–H groups in total. The van der Waals surface area contributed by atoms with Gasteiger partial charge in [0.15, 0.2) is 0 Å². The number of benzene rings is 1. The fraction of sp³-hybridized carbons (Fsp3) is 0.417. The Morgan fingerprint density at radius 2 is 2.35 bits per heavy atom. The average Bonchev–Trinajstić information content (AvgIpc) is 2.76. The molecule has 17 heavy (non-hydrogen) atoms. The van der Waals surface area contributed by atoms with E-state index in [2.05, 4.69) is 0 Å². The average molecular weight is 236 g/mol. The van der Waals surface area contributed by atoms with Gasteiger partial charge in [-0.1, -0.05) is 0 Å². The maximum Gasteiger partial charge on any atom is 0.256 e. The summed E-state index contributed by atoms with van der Waals surface area (Å²) >= 11 is 0. The number of aliphatic hydroxyl groups is 1. The van der Waals surface area contributed by atoms with Crippen molar-refractivity contribution < 1.29 is 14.6 Å². The number of β-amino-alcohol motifs (C(OH)–C–C–N with tert-alkyl or cyclic N) is 1. The van der Waals surface area contributed by atoms with E-state index >= 15 is 0 Å². The second-order valence-electron chi connectivity index (χ2n) is 4.15. The van der Waals surface area contributed by atoms with E-state index in [-0.39, 0.29) is 5.91 Å². The van der Waals surface area contributed by atoms with E-state index in [9.17, 15) is 9.90 Å². The monoisotopic (exact) mass is 236 g/mol. The van der Waals surface area contributed by atoms with Gasteiger partial charge < -0.3 is 20.5 Å². The lowest BCUT2D eigenvalue weighted by Crippen LogP contribution is -2.30. The molecule has 1 aliphatic rings. The second-order valence-corrected chi connectivity index (χ2v) is 4.15. The van der Waals surface area contributed by atoms with Crippen molar-refractivity contribution in [1.29, 1.82) is 0 Å². The molecule has 1 aliphatic heterocycles. The van der Waals surface area contributed by atoms with Crippen molar-refractivity contribution in [3.8, 4) is 5.75 Å². The third-order valence-corrected chi connectivity index (χ3v) is 2.94. The molecule has 5 heteroatoms. The lowest BCUT2D eigenvalue weighted by atomic mass is 10.1. The molecule has 1 aromatic carbocycles. The second kappa shape index (κ2) is 4.63. The number of rotatable bonds is 2. The highest BCUT2D eigenvalue weighted by Gasteiger charge is 2.26. The summed E-state index contributed by atoms with van der Waals surface area (Å²) < 4.78 is 5.07. The molecule has 92 valence electrons. The molecule has 1 fully saturated rings. The van der Waals surface area contributed by atoms with Crippen LogP contribution in [0, 0.1) is 0 Å². The Morgan fingerprint density at radius 3 is 2.94 bits per heavy atom. The maximum absolute atomic E-state index is 12.2. The van der Waals surface area contributed by atoms with Gasteiger partial charge in [0.2, 0.25) is 0 Å². The van der Waals surface area contributed by atoms with E-state index in [1.54, 1.807) is 30.2 Å². The fourth-order valence-corrected chi connectivity index (χ4v) is 1.94. The molecule has 0 aliphatic carbocycles. The van der Waals surface area contributed by atoms with Crippen molar-refractivity contribution >= 4 is 11.6 Å². The van der Waals surface area contributed by atoms with Gasteiger partial charge in [-0.25, -0.2) is 0 Å². The lowest BCUT2D eigenvalue weighted by Gasteiger charge is -2.17. The zero-order valence-electron chi connectivity index (χ0n) is 9.72. The van der Waals surface area contributed by atoms with E-state index in [0.717, 1.165) is 0 Å². The predicted molar refractivity (Wildman–Crippen MR) is 63.9 cm³/mol. The Balaban J connectivity index is 2.24. The number of methoxy groups -OCH3 is 1. The molecular weight excluding hydrogens is 220 g/mol. The Hall–Kier alpha value is -1.75. The van der Waals surface area contributed by atoms with Gasteiger partial charge >= 0.3 is 0 Å². The molecule has 0 aromatic heterocycles. The number of ether oxygens (including phenoxy) is 1. The van der Waals surface area contributed by atoms with Crippen LogP contribution in [0.5, 0.6) is 5.75 Å². The number of hydrogen-bond acceptors (Lipinski definition) is 4.